The van der Waals surface area contributed by atoms with Crippen molar-refractivity contribution in [3.05, 3.63) is 58.9 Å². The fourth-order valence-corrected chi connectivity index (χ4v) is 3.42. The van der Waals surface area contributed by atoms with Gasteiger partial charge in [-0.3, -0.25) is 14.6 Å². The molecule has 2 amide bonds. The molecular formula is C22H27N3O3. The number of amides is 2. The lowest BCUT2D eigenvalue weighted by molar-refractivity contribution is -0.134. The molecule has 0 aliphatic carbocycles. The van der Waals surface area contributed by atoms with Crippen LogP contribution in [0.5, 0.6) is 5.75 Å². The second kappa shape index (κ2) is 8.87. The van der Waals surface area contributed by atoms with Crippen molar-refractivity contribution in [3.63, 3.8) is 0 Å². The molecule has 0 bridgehead atoms. The Morgan fingerprint density at radius 2 is 1.89 bits per heavy atom. The zero-order valence-corrected chi connectivity index (χ0v) is 16.7. The molecule has 1 aliphatic rings. The van der Waals surface area contributed by atoms with Crippen molar-refractivity contribution in [3.8, 4) is 5.75 Å². The van der Waals surface area contributed by atoms with Gasteiger partial charge < -0.3 is 15.0 Å². The van der Waals surface area contributed by atoms with Gasteiger partial charge in [0.2, 0.25) is 5.91 Å². The van der Waals surface area contributed by atoms with Crippen LogP contribution in [-0.4, -0.2) is 40.9 Å². The van der Waals surface area contributed by atoms with E-state index in [1.807, 2.05) is 39.0 Å². The Morgan fingerprint density at radius 1 is 1.18 bits per heavy atom. The first-order chi connectivity index (χ1) is 13.4. The van der Waals surface area contributed by atoms with Crippen LogP contribution in [0.1, 0.15) is 35.1 Å². The predicted molar refractivity (Wildman–Crippen MR) is 107 cm³/mol. The number of pyridine rings is 1. The van der Waals surface area contributed by atoms with E-state index < -0.39 is 0 Å². The van der Waals surface area contributed by atoms with Crippen LogP contribution in [0.25, 0.3) is 0 Å². The molecule has 1 aromatic carbocycles. The van der Waals surface area contributed by atoms with Crippen molar-refractivity contribution in [2.24, 2.45) is 0 Å². The van der Waals surface area contributed by atoms with E-state index in [4.69, 9.17) is 4.74 Å². The summed E-state index contributed by atoms with van der Waals surface area (Å²) in [6, 6.07) is 7.83. The SMILES string of the molecule is Cc1ccc(C)c(OCC(=O)N(Cc2ccncc2)C[C@@H]2CCC(=O)N2)c1C. The molecule has 2 aromatic rings. The normalized spacial score (nSPS) is 16.0. The third-order valence-electron chi connectivity index (χ3n) is 5.21. The highest BCUT2D eigenvalue weighted by molar-refractivity contribution is 5.80. The standard InChI is InChI=1S/C22H27N3O3/c1-15-4-5-16(2)22(17(15)3)28-14-21(27)25(12-18-8-10-23-11-9-18)13-19-6-7-20(26)24-19/h4-5,8-11,19H,6-7,12-14H2,1-3H3,(H,24,26)/t19-/m0/s1. The van der Waals surface area contributed by atoms with E-state index in [9.17, 15) is 9.59 Å². The van der Waals surface area contributed by atoms with Gasteiger partial charge in [-0.1, -0.05) is 12.1 Å². The van der Waals surface area contributed by atoms with Crippen LogP contribution in [0.4, 0.5) is 0 Å². The van der Waals surface area contributed by atoms with Crippen LogP contribution in [0.15, 0.2) is 36.7 Å². The number of benzene rings is 1. The summed E-state index contributed by atoms with van der Waals surface area (Å²) in [7, 11) is 0. The average Bonchev–Trinajstić information content (AvgIpc) is 3.10. The van der Waals surface area contributed by atoms with Crippen LogP contribution in [0, 0.1) is 20.8 Å². The van der Waals surface area contributed by atoms with Gasteiger partial charge in [-0.2, -0.15) is 0 Å². The minimum Gasteiger partial charge on any atom is -0.483 e. The predicted octanol–water partition coefficient (Wildman–Crippen LogP) is 2.69. The second-order valence-electron chi connectivity index (χ2n) is 7.37. The van der Waals surface area contributed by atoms with Gasteiger partial charge in [-0.15, -0.1) is 0 Å². The lowest BCUT2D eigenvalue weighted by Gasteiger charge is -2.26. The van der Waals surface area contributed by atoms with Crippen molar-refractivity contribution in [1.82, 2.24) is 15.2 Å². The molecule has 6 nitrogen and oxygen atoms in total. The van der Waals surface area contributed by atoms with Crippen LogP contribution in [-0.2, 0) is 16.1 Å². The average molecular weight is 381 g/mol. The summed E-state index contributed by atoms with van der Waals surface area (Å²) in [6.07, 6.45) is 4.69. The topological polar surface area (TPSA) is 71.5 Å². The summed E-state index contributed by atoms with van der Waals surface area (Å²) in [6.45, 7) is 6.92. The van der Waals surface area contributed by atoms with Crippen LogP contribution in [0.2, 0.25) is 0 Å². The second-order valence-corrected chi connectivity index (χ2v) is 7.37. The lowest BCUT2D eigenvalue weighted by Crippen LogP contribution is -2.43. The van der Waals surface area contributed by atoms with Crippen molar-refractivity contribution < 1.29 is 14.3 Å². The Labute approximate surface area is 165 Å². The molecule has 1 aliphatic heterocycles. The zero-order chi connectivity index (χ0) is 20.1. The summed E-state index contributed by atoms with van der Waals surface area (Å²) < 4.78 is 5.92. The van der Waals surface area contributed by atoms with Gasteiger partial charge in [0, 0.05) is 37.9 Å². The summed E-state index contributed by atoms with van der Waals surface area (Å²) in [5.74, 6) is 0.716. The molecule has 28 heavy (non-hydrogen) atoms. The maximum atomic E-state index is 13.0. The molecule has 148 valence electrons. The van der Waals surface area contributed by atoms with Gasteiger partial charge in [0.1, 0.15) is 5.75 Å². The Kier molecular flexibility index (Phi) is 6.29. The number of hydrogen-bond acceptors (Lipinski definition) is 4. The highest BCUT2D eigenvalue weighted by atomic mass is 16.5. The number of nitrogens with one attached hydrogen (secondary N) is 1. The molecular weight excluding hydrogens is 354 g/mol. The number of nitrogens with zero attached hydrogens (tertiary/aromatic N) is 2. The third-order valence-corrected chi connectivity index (χ3v) is 5.21. The van der Waals surface area contributed by atoms with Crippen LogP contribution in [0.3, 0.4) is 0 Å². The lowest BCUT2D eigenvalue weighted by atomic mass is 10.1. The van der Waals surface area contributed by atoms with E-state index in [2.05, 4.69) is 16.4 Å². The van der Waals surface area contributed by atoms with Crippen molar-refractivity contribution in [1.29, 1.82) is 0 Å². The Balaban J connectivity index is 1.70. The quantitative estimate of drug-likeness (QED) is 0.800. The number of carbonyl (C=O) groups excluding carboxylic acids is 2. The van der Waals surface area contributed by atoms with Crippen molar-refractivity contribution in [2.75, 3.05) is 13.2 Å². The molecule has 1 saturated heterocycles. The van der Waals surface area contributed by atoms with Gasteiger partial charge >= 0.3 is 0 Å². The Morgan fingerprint density at radius 3 is 2.57 bits per heavy atom. The first kappa shape index (κ1) is 19.9. The molecule has 2 heterocycles. The van der Waals surface area contributed by atoms with Crippen molar-refractivity contribution in [2.45, 2.75) is 46.2 Å². The molecule has 1 N–H and O–H groups in total. The zero-order valence-electron chi connectivity index (χ0n) is 16.7. The smallest absolute Gasteiger partial charge is 0.260 e. The highest BCUT2D eigenvalue weighted by Gasteiger charge is 2.26. The number of aryl methyl sites for hydroxylation is 2. The number of ether oxygens (including phenoxy) is 1. The van der Waals surface area contributed by atoms with Gasteiger partial charge in [0.05, 0.1) is 0 Å². The van der Waals surface area contributed by atoms with Gasteiger partial charge in [-0.25, -0.2) is 0 Å². The molecule has 1 atom stereocenters. The Bertz CT molecular complexity index is 852. The first-order valence-electron chi connectivity index (χ1n) is 9.59. The van der Waals surface area contributed by atoms with Crippen LogP contribution >= 0.6 is 0 Å². The first-order valence-corrected chi connectivity index (χ1v) is 9.59. The number of carbonyl (C=O) groups is 2. The molecule has 3 rings (SSSR count). The van der Waals surface area contributed by atoms with Gasteiger partial charge in [0.25, 0.3) is 5.91 Å². The van der Waals surface area contributed by atoms with E-state index in [0.717, 1.165) is 34.4 Å². The molecule has 0 saturated carbocycles. The Hall–Kier alpha value is -2.89. The van der Waals surface area contributed by atoms with E-state index in [0.29, 0.717) is 19.5 Å². The monoisotopic (exact) mass is 381 g/mol. The number of rotatable bonds is 7. The number of hydrogen-bond donors (Lipinski definition) is 1. The maximum absolute atomic E-state index is 13.0. The third kappa shape index (κ3) is 4.88. The molecule has 6 heteroatoms. The number of aromatic nitrogens is 1. The van der Waals surface area contributed by atoms with E-state index >= 15 is 0 Å². The molecule has 1 aromatic heterocycles. The minimum absolute atomic E-state index is 0.0132. The van der Waals surface area contributed by atoms with E-state index in [1.54, 1.807) is 17.3 Å². The fraction of sp³-hybridized carbons (Fsp3) is 0.409. The molecule has 1 fully saturated rings. The fourth-order valence-electron chi connectivity index (χ4n) is 3.42. The largest absolute Gasteiger partial charge is 0.483 e. The van der Waals surface area contributed by atoms with Crippen molar-refractivity contribution >= 4 is 11.8 Å². The molecule has 0 spiro atoms. The van der Waals surface area contributed by atoms with E-state index in [1.165, 1.54) is 0 Å². The maximum Gasteiger partial charge on any atom is 0.260 e. The molecule has 0 radical (unpaired) electrons. The summed E-state index contributed by atoms with van der Waals surface area (Å²) in [5.41, 5.74) is 4.20. The summed E-state index contributed by atoms with van der Waals surface area (Å²) in [4.78, 5) is 30.3. The van der Waals surface area contributed by atoms with Crippen LogP contribution < -0.4 is 10.1 Å². The van der Waals surface area contributed by atoms with E-state index in [-0.39, 0.29) is 24.5 Å². The minimum atomic E-state index is -0.0988. The van der Waals surface area contributed by atoms with Gasteiger partial charge in [0.15, 0.2) is 6.61 Å². The van der Waals surface area contributed by atoms with Gasteiger partial charge in [-0.05, 0) is 61.6 Å². The summed E-state index contributed by atoms with van der Waals surface area (Å²) in [5, 5.41) is 2.94. The molecule has 0 unspecified atom stereocenters. The summed E-state index contributed by atoms with van der Waals surface area (Å²) >= 11 is 0. The highest BCUT2D eigenvalue weighted by Crippen LogP contribution is 2.25.